The smallest absolute Gasteiger partial charge is 0.339 e. The second-order valence-corrected chi connectivity index (χ2v) is 5.55. The third kappa shape index (κ3) is 5.47. The average molecular weight is 360 g/mol. The van der Waals surface area contributed by atoms with E-state index in [0.717, 1.165) is 5.56 Å². The van der Waals surface area contributed by atoms with Gasteiger partial charge in [0.1, 0.15) is 17.1 Å². The fourth-order valence-electron chi connectivity index (χ4n) is 1.97. The molecule has 0 saturated carbocycles. The summed E-state index contributed by atoms with van der Waals surface area (Å²) in [6, 6.07) is 11.1. The van der Waals surface area contributed by atoms with Crippen molar-refractivity contribution in [3.05, 3.63) is 53.6 Å². The molecule has 8 heteroatoms. The number of carbonyl (C=O) groups is 2. The fraction of sp³-hybridized carbons (Fsp3) is 0.118. The van der Waals surface area contributed by atoms with Crippen molar-refractivity contribution in [1.82, 2.24) is 5.32 Å². The Morgan fingerprint density at radius 3 is 2.60 bits per heavy atom. The number of nitrogens with one attached hydrogen (secondary N) is 2. The van der Waals surface area contributed by atoms with Gasteiger partial charge in [-0.25, -0.2) is 4.79 Å². The van der Waals surface area contributed by atoms with Crippen molar-refractivity contribution in [3.8, 4) is 11.5 Å². The Hall–Kier alpha value is -3.13. The van der Waals surface area contributed by atoms with Gasteiger partial charge in [-0.2, -0.15) is 0 Å². The minimum absolute atomic E-state index is 0.000294. The normalized spacial score (nSPS) is 9.96. The molecule has 130 valence electrons. The number of carboxylic acid groups (broad SMARTS) is 1. The second kappa shape index (κ2) is 8.11. The lowest BCUT2D eigenvalue weighted by Crippen LogP contribution is -2.37. The average Bonchev–Trinajstić information content (AvgIpc) is 2.52. The van der Waals surface area contributed by atoms with Gasteiger partial charge >= 0.3 is 5.97 Å². The van der Waals surface area contributed by atoms with Crippen LogP contribution in [0, 0.1) is 6.92 Å². The van der Waals surface area contributed by atoms with E-state index < -0.39 is 17.6 Å². The Bertz CT molecular complexity index is 822. The Labute approximate surface area is 149 Å². The number of aryl methyl sites for hydroxylation is 1. The van der Waals surface area contributed by atoms with E-state index in [-0.39, 0.29) is 17.3 Å². The molecule has 0 atom stereocenters. The number of aromatic hydroxyl groups is 1. The fourth-order valence-corrected chi connectivity index (χ4v) is 2.20. The zero-order chi connectivity index (χ0) is 18.4. The number of hydrogen-bond donors (Lipinski definition) is 4. The van der Waals surface area contributed by atoms with E-state index in [4.69, 9.17) is 22.1 Å². The number of benzene rings is 2. The van der Waals surface area contributed by atoms with Crippen LogP contribution in [0.1, 0.15) is 15.9 Å². The van der Waals surface area contributed by atoms with E-state index in [1.54, 1.807) is 12.1 Å². The van der Waals surface area contributed by atoms with Crippen molar-refractivity contribution in [1.29, 1.82) is 0 Å². The minimum Gasteiger partial charge on any atom is -0.507 e. The molecule has 0 aliphatic rings. The van der Waals surface area contributed by atoms with E-state index in [1.807, 2.05) is 19.1 Å². The first kappa shape index (κ1) is 18.2. The molecule has 2 aromatic rings. The van der Waals surface area contributed by atoms with E-state index in [1.165, 1.54) is 18.2 Å². The predicted molar refractivity (Wildman–Crippen MR) is 96.1 cm³/mol. The second-order valence-electron chi connectivity index (χ2n) is 5.14. The van der Waals surface area contributed by atoms with E-state index in [0.29, 0.717) is 11.4 Å². The summed E-state index contributed by atoms with van der Waals surface area (Å²) in [6.07, 6.45) is 0. The lowest BCUT2D eigenvalue weighted by atomic mass is 10.2. The molecule has 2 aromatic carbocycles. The number of aromatic carboxylic acids is 1. The molecule has 4 N–H and O–H groups in total. The molecule has 7 nitrogen and oxygen atoms in total. The summed E-state index contributed by atoms with van der Waals surface area (Å²) in [5.74, 6) is -1.53. The number of phenols is 1. The molecule has 0 saturated heterocycles. The molecule has 0 aromatic heterocycles. The highest BCUT2D eigenvalue weighted by molar-refractivity contribution is 7.80. The van der Waals surface area contributed by atoms with Crippen LogP contribution < -0.4 is 15.4 Å². The summed E-state index contributed by atoms with van der Waals surface area (Å²) < 4.78 is 5.36. The molecule has 0 unspecified atom stereocenters. The van der Waals surface area contributed by atoms with Crippen LogP contribution in [-0.2, 0) is 4.79 Å². The third-order valence-corrected chi connectivity index (χ3v) is 3.30. The maximum Gasteiger partial charge on any atom is 0.339 e. The molecule has 0 spiro atoms. The molecule has 0 radical (unpaired) electrons. The van der Waals surface area contributed by atoms with Gasteiger partial charge in [-0.05, 0) is 49.0 Å². The summed E-state index contributed by atoms with van der Waals surface area (Å²) >= 11 is 5.00. The van der Waals surface area contributed by atoms with E-state index in [2.05, 4.69) is 10.6 Å². The van der Waals surface area contributed by atoms with E-state index >= 15 is 0 Å². The molecular formula is C17H16N2O5S. The summed E-state index contributed by atoms with van der Waals surface area (Å²) in [5.41, 5.74) is 1.12. The van der Waals surface area contributed by atoms with Crippen LogP contribution in [-0.4, -0.2) is 33.8 Å². The lowest BCUT2D eigenvalue weighted by Gasteiger charge is -2.11. The van der Waals surface area contributed by atoms with Gasteiger partial charge in [0.25, 0.3) is 5.91 Å². The zero-order valence-electron chi connectivity index (χ0n) is 13.3. The predicted octanol–water partition coefficient (Wildman–Crippen LogP) is 2.29. The summed E-state index contributed by atoms with van der Waals surface area (Å²) in [7, 11) is 0. The Kier molecular flexibility index (Phi) is 5.91. The number of carbonyl (C=O) groups excluding carboxylic acids is 1. The van der Waals surface area contributed by atoms with Crippen molar-refractivity contribution in [2.24, 2.45) is 0 Å². The number of rotatable bonds is 5. The highest BCUT2D eigenvalue weighted by Gasteiger charge is 2.11. The number of carboxylic acids is 1. The topological polar surface area (TPSA) is 108 Å². The quantitative estimate of drug-likeness (QED) is 0.606. The molecule has 2 rings (SSSR count). The highest BCUT2D eigenvalue weighted by Crippen LogP contribution is 2.21. The maximum absolute atomic E-state index is 11.8. The minimum atomic E-state index is -1.24. The van der Waals surface area contributed by atoms with Gasteiger partial charge in [-0.3, -0.25) is 10.1 Å². The van der Waals surface area contributed by atoms with Crippen LogP contribution in [0.25, 0.3) is 0 Å². The van der Waals surface area contributed by atoms with Crippen molar-refractivity contribution < 1.29 is 24.5 Å². The van der Waals surface area contributed by atoms with Crippen molar-refractivity contribution in [2.75, 3.05) is 11.9 Å². The van der Waals surface area contributed by atoms with Crippen molar-refractivity contribution >= 4 is 34.9 Å². The van der Waals surface area contributed by atoms with Crippen LogP contribution in [0.3, 0.4) is 0 Å². The van der Waals surface area contributed by atoms with Crippen molar-refractivity contribution in [2.45, 2.75) is 6.92 Å². The molecular weight excluding hydrogens is 344 g/mol. The number of amides is 1. The van der Waals surface area contributed by atoms with Gasteiger partial charge in [0.05, 0.1) is 0 Å². The van der Waals surface area contributed by atoms with Crippen LogP contribution >= 0.6 is 12.2 Å². The van der Waals surface area contributed by atoms with Crippen molar-refractivity contribution in [3.63, 3.8) is 0 Å². The van der Waals surface area contributed by atoms with Gasteiger partial charge in [-0.15, -0.1) is 0 Å². The number of ether oxygens (including phenoxy) is 1. The Morgan fingerprint density at radius 1 is 1.20 bits per heavy atom. The Morgan fingerprint density at radius 2 is 1.96 bits per heavy atom. The SMILES string of the molecule is Cc1cccc(OCC(=O)NC(=S)Nc2ccc(C(=O)O)c(O)c2)c1. The van der Waals surface area contributed by atoms with Crippen LogP contribution in [0.2, 0.25) is 0 Å². The highest BCUT2D eigenvalue weighted by atomic mass is 32.1. The van der Waals surface area contributed by atoms with E-state index in [9.17, 15) is 14.7 Å². The van der Waals surface area contributed by atoms with Gasteiger partial charge in [0, 0.05) is 11.8 Å². The van der Waals surface area contributed by atoms with Gasteiger partial charge in [-0.1, -0.05) is 12.1 Å². The monoisotopic (exact) mass is 360 g/mol. The van der Waals surface area contributed by atoms with Crippen LogP contribution in [0.4, 0.5) is 5.69 Å². The summed E-state index contributed by atoms with van der Waals surface area (Å²) in [6.45, 7) is 1.70. The summed E-state index contributed by atoms with van der Waals surface area (Å²) in [5, 5.41) is 23.6. The number of thiocarbonyl (C=S) groups is 1. The van der Waals surface area contributed by atoms with Gasteiger partial charge < -0.3 is 20.3 Å². The van der Waals surface area contributed by atoms with Gasteiger partial charge in [0.15, 0.2) is 11.7 Å². The largest absolute Gasteiger partial charge is 0.507 e. The number of anilines is 1. The summed E-state index contributed by atoms with van der Waals surface area (Å²) in [4.78, 5) is 22.7. The van der Waals surface area contributed by atoms with Crippen LogP contribution in [0.15, 0.2) is 42.5 Å². The lowest BCUT2D eigenvalue weighted by molar-refractivity contribution is -0.121. The molecule has 1 amide bonds. The molecule has 25 heavy (non-hydrogen) atoms. The zero-order valence-corrected chi connectivity index (χ0v) is 14.1. The molecule has 0 heterocycles. The number of hydrogen-bond acceptors (Lipinski definition) is 5. The molecule has 0 aliphatic carbocycles. The molecule has 0 aliphatic heterocycles. The molecule has 0 bridgehead atoms. The first-order valence-corrected chi connectivity index (χ1v) is 7.62. The van der Waals surface area contributed by atoms with Crippen LogP contribution in [0.5, 0.6) is 11.5 Å². The third-order valence-electron chi connectivity index (χ3n) is 3.10. The first-order chi connectivity index (χ1) is 11.8. The molecule has 0 fully saturated rings. The Balaban J connectivity index is 1.86. The first-order valence-electron chi connectivity index (χ1n) is 7.22. The standard InChI is InChI=1S/C17H16N2O5S/c1-10-3-2-4-12(7-10)24-9-15(21)19-17(25)18-11-5-6-13(16(22)23)14(20)8-11/h2-8,20H,9H2,1H3,(H,22,23)(H2,18,19,21,25). The maximum atomic E-state index is 11.8. The van der Waals surface area contributed by atoms with Gasteiger partial charge in [0.2, 0.25) is 0 Å².